The minimum Gasteiger partial charge on any atom is -0.234 e. The molecule has 1 heterocycles. The lowest BCUT2D eigenvalue weighted by Crippen LogP contribution is -2.38. The van der Waals surface area contributed by atoms with Crippen LogP contribution in [-0.2, 0) is 13.1 Å². The van der Waals surface area contributed by atoms with Gasteiger partial charge in [0.15, 0.2) is 0 Å². The number of aryl methyl sites for hydroxylation is 2. The molecule has 2 nitrogen and oxygen atoms in total. The van der Waals surface area contributed by atoms with E-state index >= 15 is 0 Å². The summed E-state index contributed by atoms with van der Waals surface area (Å²) in [6, 6.07) is 0. The third kappa shape index (κ3) is 12.8. The number of hydrogen-bond donors (Lipinski definition) is 0. The molecule has 176 valence electrons. The number of rotatable bonds is 21. The highest BCUT2D eigenvalue weighted by atomic mass is 15.1. The molecule has 0 unspecified atom stereocenters. The lowest BCUT2D eigenvalue weighted by molar-refractivity contribution is -0.705. The smallest absolute Gasteiger partial charge is 0.234 e. The summed E-state index contributed by atoms with van der Waals surface area (Å²) in [4.78, 5) is 0. The average molecular weight is 420 g/mol. The molecule has 1 rings (SSSR count). The number of nitrogens with zero attached hydrogens (tertiary/aromatic N) is 2. The van der Waals surface area contributed by atoms with E-state index in [1.165, 1.54) is 134 Å². The molecule has 0 aliphatic rings. The first kappa shape index (κ1) is 27.2. The average Bonchev–Trinajstić information content (AvgIpc) is 3.14. The van der Waals surface area contributed by atoms with E-state index in [9.17, 15) is 0 Å². The summed E-state index contributed by atoms with van der Waals surface area (Å²) in [7, 11) is 0. The van der Waals surface area contributed by atoms with Gasteiger partial charge < -0.3 is 0 Å². The Morgan fingerprint density at radius 2 is 1.07 bits per heavy atom. The van der Waals surface area contributed by atoms with E-state index in [0.717, 1.165) is 0 Å². The summed E-state index contributed by atoms with van der Waals surface area (Å²) >= 11 is 0. The van der Waals surface area contributed by atoms with E-state index < -0.39 is 0 Å². The van der Waals surface area contributed by atoms with Crippen LogP contribution < -0.4 is 4.57 Å². The fourth-order valence-electron chi connectivity index (χ4n) is 4.71. The molecule has 0 N–H and O–H groups in total. The van der Waals surface area contributed by atoms with Crippen molar-refractivity contribution in [3.8, 4) is 0 Å². The van der Waals surface area contributed by atoms with Crippen molar-refractivity contribution in [1.29, 1.82) is 0 Å². The maximum absolute atomic E-state index is 2.54. The van der Waals surface area contributed by atoms with Crippen LogP contribution in [0.4, 0.5) is 0 Å². The SMILES string of the molecule is CCCCCCCCCCCCCCC[n+]1ccn(CCCCCCC)c1C(C)C. The molecule has 0 atom stereocenters. The van der Waals surface area contributed by atoms with Crippen molar-refractivity contribution in [3.63, 3.8) is 0 Å². The molecule has 0 bridgehead atoms. The Kier molecular flexibility index (Phi) is 17.2. The van der Waals surface area contributed by atoms with Crippen LogP contribution in [0.5, 0.6) is 0 Å². The maximum atomic E-state index is 2.54. The molecule has 0 spiro atoms. The van der Waals surface area contributed by atoms with Gasteiger partial charge in [-0.1, -0.05) is 118 Å². The molecule has 0 fully saturated rings. The monoisotopic (exact) mass is 419 g/mol. The zero-order valence-corrected chi connectivity index (χ0v) is 21.3. The first-order valence-electron chi connectivity index (χ1n) is 13.8. The Morgan fingerprint density at radius 1 is 0.633 bits per heavy atom. The third-order valence-corrected chi connectivity index (χ3v) is 6.54. The highest BCUT2D eigenvalue weighted by molar-refractivity contribution is 4.89. The molecule has 30 heavy (non-hydrogen) atoms. The summed E-state index contributed by atoms with van der Waals surface area (Å²) in [6.45, 7) is 11.7. The van der Waals surface area contributed by atoms with Crippen LogP contribution in [0.1, 0.15) is 155 Å². The second kappa shape index (κ2) is 18.9. The predicted molar refractivity (Wildman–Crippen MR) is 133 cm³/mol. The van der Waals surface area contributed by atoms with Crippen LogP contribution in [0.15, 0.2) is 12.4 Å². The number of unbranched alkanes of at least 4 members (excludes halogenated alkanes) is 16. The lowest BCUT2D eigenvalue weighted by atomic mass is 10.0. The van der Waals surface area contributed by atoms with Gasteiger partial charge in [-0.2, -0.15) is 0 Å². The van der Waals surface area contributed by atoms with E-state index in [2.05, 4.69) is 49.2 Å². The van der Waals surface area contributed by atoms with Crippen molar-refractivity contribution >= 4 is 0 Å². The van der Waals surface area contributed by atoms with Gasteiger partial charge in [0.05, 0.1) is 19.0 Å². The molecule has 1 aromatic rings. The Balaban J connectivity index is 2.10. The maximum Gasteiger partial charge on any atom is 0.258 e. The first-order chi connectivity index (χ1) is 14.7. The summed E-state index contributed by atoms with van der Waals surface area (Å²) in [5.74, 6) is 2.14. The minimum atomic E-state index is 0.609. The number of aromatic nitrogens is 2. The van der Waals surface area contributed by atoms with Crippen LogP contribution in [0.25, 0.3) is 0 Å². The van der Waals surface area contributed by atoms with E-state index in [1.54, 1.807) is 0 Å². The summed E-state index contributed by atoms with van der Waals surface area (Å²) in [5, 5.41) is 0. The van der Waals surface area contributed by atoms with Gasteiger partial charge in [0.1, 0.15) is 12.4 Å². The Morgan fingerprint density at radius 3 is 1.53 bits per heavy atom. The highest BCUT2D eigenvalue weighted by Gasteiger charge is 2.19. The number of hydrogen-bond acceptors (Lipinski definition) is 0. The van der Waals surface area contributed by atoms with Crippen molar-refractivity contribution in [2.75, 3.05) is 0 Å². The lowest BCUT2D eigenvalue weighted by Gasteiger charge is -2.08. The van der Waals surface area contributed by atoms with Crippen molar-refractivity contribution < 1.29 is 4.57 Å². The molecule has 0 amide bonds. The van der Waals surface area contributed by atoms with Gasteiger partial charge >= 0.3 is 0 Å². The van der Waals surface area contributed by atoms with Gasteiger partial charge in [0.2, 0.25) is 0 Å². The van der Waals surface area contributed by atoms with Crippen LogP contribution in [0, 0.1) is 0 Å². The standard InChI is InChI=1S/C28H55N2/c1-5-7-9-11-12-13-14-15-16-17-18-20-22-24-30-26-25-29(28(30)27(3)4)23-21-19-10-8-6-2/h25-27H,5-24H2,1-4H3/q+1. The molecule has 1 aromatic heterocycles. The second-order valence-corrected chi connectivity index (χ2v) is 9.85. The Hall–Kier alpha value is -0.790. The van der Waals surface area contributed by atoms with Gasteiger partial charge in [-0.25, -0.2) is 9.13 Å². The van der Waals surface area contributed by atoms with Crippen LogP contribution >= 0.6 is 0 Å². The molecule has 0 aliphatic carbocycles. The fourth-order valence-corrected chi connectivity index (χ4v) is 4.71. The van der Waals surface area contributed by atoms with Gasteiger partial charge in [0.25, 0.3) is 5.82 Å². The zero-order valence-electron chi connectivity index (χ0n) is 21.3. The van der Waals surface area contributed by atoms with Crippen molar-refractivity contribution in [2.24, 2.45) is 0 Å². The molecule has 0 saturated carbocycles. The summed E-state index contributed by atoms with van der Waals surface area (Å²) < 4.78 is 5.06. The highest BCUT2D eigenvalue weighted by Crippen LogP contribution is 2.15. The molecule has 2 heteroatoms. The van der Waals surface area contributed by atoms with E-state index in [-0.39, 0.29) is 0 Å². The molecule has 0 radical (unpaired) electrons. The predicted octanol–water partition coefficient (Wildman–Crippen LogP) is 8.96. The summed E-state index contributed by atoms with van der Waals surface area (Å²) in [6.07, 6.45) is 30.1. The summed E-state index contributed by atoms with van der Waals surface area (Å²) in [5.41, 5.74) is 0. The van der Waals surface area contributed by atoms with E-state index in [4.69, 9.17) is 0 Å². The Labute approximate surface area is 189 Å². The topological polar surface area (TPSA) is 8.81 Å². The number of imidazole rings is 1. The van der Waals surface area contributed by atoms with Gasteiger partial charge in [0, 0.05) is 0 Å². The largest absolute Gasteiger partial charge is 0.258 e. The van der Waals surface area contributed by atoms with E-state index in [1.807, 2.05) is 0 Å². The van der Waals surface area contributed by atoms with Gasteiger partial charge in [-0.3, -0.25) is 0 Å². The normalized spacial score (nSPS) is 11.6. The minimum absolute atomic E-state index is 0.609. The van der Waals surface area contributed by atoms with Crippen molar-refractivity contribution in [2.45, 2.75) is 162 Å². The molecule has 0 aromatic carbocycles. The third-order valence-electron chi connectivity index (χ3n) is 6.54. The fraction of sp³-hybridized carbons (Fsp3) is 0.893. The molecular weight excluding hydrogens is 364 g/mol. The van der Waals surface area contributed by atoms with Gasteiger partial charge in [-0.05, 0) is 25.7 Å². The zero-order chi connectivity index (χ0) is 21.9. The van der Waals surface area contributed by atoms with E-state index in [0.29, 0.717) is 5.92 Å². The molecular formula is C28H55N2+. The van der Waals surface area contributed by atoms with Crippen LogP contribution in [-0.4, -0.2) is 4.57 Å². The quantitative estimate of drug-likeness (QED) is 0.139. The first-order valence-corrected chi connectivity index (χ1v) is 13.8. The van der Waals surface area contributed by atoms with Crippen molar-refractivity contribution in [3.05, 3.63) is 18.2 Å². The van der Waals surface area contributed by atoms with Crippen LogP contribution in [0.2, 0.25) is 0 Å². The molecule has 0 saturated heterocycles. The second-order valence-electron chi connectivity index (χ2n) is 9.85. The van der Waals surface area contributed by atoms with Crippen LogP contribution in [0.3, 0.4) is 0 Å². The van der Waals surface area contributed by atoms with Gasteiger partial charge in [-0.15, -0.1) is 0 Å². The molecule has 0 aliphatic heterocycles. The van der Waals surface area contributed by atoms with Crippen molar-refractivity contribution in [1.82, 2.24) is 4.57 Å². The Bertz CT molecular complexity index is 489.